The van der Waals surface area contributed by atoms with Gasteiger partial charge in [-0.2, -0.15) is 13.8 Å². The van der Waals surface area contributed by atoms with Crippen LogP contribution >= 0.6 is 24.4 Å². The summed E-state index contributed by atoms with van der Waals surface area (Å²) in [5, 5.41) is 14.2. The van der Waals surface area contributed by atoms with Crippen LogP contribution < -0.4 is 21.5 Å². The first-order chi connectivity index (χ1) is 12.7. The molecule has 9 heteroatoms. The number of anilines is 2. The van der Waals surface area contributed by atoms with Crippen LogP contribution in [0.25, 0.3) is 0 Å². The molecule has 0 bridgehead atoms. The second-order valence-electron chi connectivity index (χ2n) is 4.53. The molecule has 0 unspecified atom stereocenters. The quantitative estimate of drug-likeness (QED) is 0.191. The van der Waals surface area contributed by atoms with Gasteiger partial charge in [0.25, 0.3) is 0 Å². The minimum atomic E-state index is 0. The normalized spacial score (nSPS) is 9.56. The van der Waals surface area contributed by atoms with Crippen LogP contribution in [0.3, 0.4) is 0 Å². The van der Waals surface area contributed by atoms with E-state index in [4.69, 9.17) is 24.4 Å². The van der Waals surface area contributed by atoms with Crippen molar-refractivity contribution in [3.8, 4) is 0 Å². The van der Waals surface area contributed by atoms with E-state index >= 15 is 0 Å². The SMILES string of the molecule is C[C-]=NNC(=S)Nc1ccccc1.C[C-]=NNC(=S)Nc1ccccc1.[Fe+2]. The molecule has 2 aromatic rings. The van der Waals surface area contributed by atoms with E-state index in [1.807, 2.05) is 60.7 Å². The summed E-state index contributed by atoms with van der Waals surface area (Å²) in [5.74, 6) is 0. The molecular formula is C18H20FeN6S2. The van der Waals surface area contributed by atoms with Crippen LogP contribution in [0.15, 0.2) is 70.9 Å². The van der Waals surface area contributed by atoms with Gasteiger partial charge in [-0.15, -0.1) is 0 Å². The van der Waals surface area contributed by atoms with Gasteiger partial charge in [0, 0.05) is 11.4 Å². The van der Waals surface area contributed by atoms with Crippen LogP contribution in [0, 0.1) is 0 Å². The van der Waals surface area contributed by atoms with E-state index in [0.29, 0.717) is 10.2 Å². The molecule has 0 aromatic heterocycles. The number of hydrazone groups is 2. The molecule has 27 heavy (non-hydrogen) atoms. The average Bonchev–Trinajstić information content (AvgIpc) is 2.67. The van der Waals surface area contributed by atoms with E-state index in [2.05, 4.69) is 44.1 Å². The molecule has 0 saturated carbocycles. The Hall–Kier alpha value is -2.32. The molecule has 0 atom stereocenters. The molecule has 0 aliphatic heterocycles. The smallest absolute Gasteiger partial charge is 0.398 e. The minimum absolute atomic E-state index is 0. The number of nitrogens with zero attached hydrogens (tertiary/aromatic N) is 2. The standard InChI is InChI=1S/2C9H10N3S.Fe/c2*1-2-10-12-9(13)11-8-6-4-3-5-7-8;/h2*3-7H,1H3,(H2,11,12,13);/q2*-1;+2. The molecule has 0 heterocycles. The Kier molecular flexibility index (Phi) is 14.5. The zero-order valence-corrected chi connectivity index (χ0v) is 17.6. The predicted molar refractivity (Wildman–Crippen MR) is 118 cm³/mol. The Morgan fingerprint density at radius 2 is 1.04 bits per heavy atom. The van der Waals surface area contributed by atoms with Crippen molar-refractivity contribution in [3.63, 3.8) is 0 Å². The van der Waals surface area contributed by atoms with Gasteiger partial charge in [-0.25, -0.2) is 0 Å². The van der Waals surface area contributed by atoms with Crippen molar-refractivity contribution in [3.05, 3.63) is 60.7 Å². The van der Waals surface area contributed by atoms with Crippen molar-refractivity contribution in [2.75, 3.05) is 10.6 Å². The molecule has 0 fully saturated rings. The first-order valence-corrected chi connectivity index (χ1v) is 8.44. The molecule has 0 aliphatic carbocycles. The second-order valence-corrected chi connectivity index (χ2v) is 5.35. The third-order valence-electron chi connectivity index (χ3n) is 2.60. The van der Waals surface area contributed by atoms with Crippen molar-refractivity contribution in [2.24, 2.45) is 10.2 Å². The molecule has 2 aromatic carbocycles. The number of nitrogens with one attached hydrogen (secondary N) is 4. The summed E-state index contributed by atoms with van der Waals surface area (Å²) >= 11 is 9.89. The van der Waals surface area contributed by atoms with Gasteiger partial charge < -0.3 is 33.3 Å². The van der Waals surface area contributed by atoms with Crippen molar-refractivity contribution in [2.45, 2.75) is 13.8 Å². The number of hydrogen-bond donors (Lipinski definition) is 4. The summed E-state index contributed by atoms with van der Waals surface area (Å²) in [6, 6.07) is 19.3. The van der Waals surface area contributed by atoms with Crippen molar-refractivity contribution < 1.29 is 17.1 Å². The fraction of sp³-hybridized carbons (Fsp3) is 0.111. The van der Waals surface area contributed by atoms with Crippen LogP contribution in [0.2, 0.25) is 0 Å². The van der Waals surface area contributed by atoms with Gasteiger partial charge in [-0.3, -0.25) is 10.9 Å². The van der Waals surface area contributed by atoms with E-state index < -0.39 is 0 Å². The van der Waals surface area contributed by atoms with Crippen LogP contribution in [0.1, 0.15) is 13.8 Å². The third kappa shape index (κ3) is 12.6. The summed E-state index contributed by atoms with van der Waals surface area (Å²) < 4.78 is 0. The predicted octanol–water partition coefficient (Wildman–Crippen LogP) is 3.71. The molecule has 0 saturated heterocycles. The molecule has 0 aliphatic rings. The molecule has 2 rings (SSSR count). The average molecular weight is 440 g/mol. The summed E-state index contributed by atoms with van der Waals surface area (Å²) in [6.07, 6.45) is 5.14. The first-order valence-electron chi connectivity index (χ1n) is 7.62. The molecule has 0 spiro atoms. The Balaban J connectivity index is 0.000000483. The maximum Gasteiger partial charge on any atom is 2.00 e. The Bertz CT molecular complexity index is 660. The Labute approximate surface area is 181 Å². The van der Waals surface area contributed by atoms with Gasteiger partial charge >= 0.3 is 17.1 Å². The Morgan fingerprint density at radius 1 is 0.704 bits per heavy atom. The van der Waals surface area contributed by atoms with Gasteiger partial charge in [-0.05, 0) is 48.7 Å². The molecule has 6 nitrogen and oxygen atoms in total. The molecular weight excluding hydrogens is 420 g/mol. The third-order valence-corrected chi connectivity index (χ3v) is 2.99. The number of rotatable bonds is 4. The van der Waals surface area contributed by atoms with Gasteiger partial charge in [-0.1, -0.05) is 36.4 Å². The fourth-order valence-electron chi connectivity index (χ4n) is 1.57. The van der Waals surface area contributed by atoms with Crippen LogP contribution in [0.4, 0.5) is 11.4 Å². The molecule has 4 N–H and O–H groups in total. The topological polar surface area (TPSA) is 72.8 Å². The molecule has 142 valence electrons. The van der Waals surface area contributed by atoms with E-state index in [-0.39, 0.29) is 17.1 Å². The van der Waals surface area contributed by atoms with Gasteiger partial charge in [0.1, 0.15) is 0 Å². The first kappa shape index (κ1) is 24.7. The maximum atomic E-state index is 4.95. The largest absolute Gasteiger partial charge is 2.00 e. The number of thiocarbonyl (C=S) groups is 2. The van der Waals surface area contributed by atoms with E-state index in [9.17, 15) is 0 Å². The number of para-hydroxylation sites is 2. The Morgan fingerprint density at radius 3 is 1.33 bits per heavy atom. The van der Waals surface area contributed by atoms with Crippen molar-refractivity contribution >= 4 is 58.5 Å². The van der Waals surface area contributed by atoms with Gasteiger partial charge in [0.05, 0.1) is 0 Å². The number of hydrogen-bond acceptors (Lipinski definition) is 4. The zero-order chi connectivity index (χ0) is 19.0. The minimum Gasteiger partial charge on any atom is -0.398 e. The second kappa shape index (κ2) is 15.9. The zero-order valence-electron chi connectivity index (χ0n) is 14.8. The molecule has 0 radical (unpaired) electrons. The van der Waals surface area contributed by atoms with Crippen molar-refractivity contribution in [1.29, 1.82) is 0 Å². The fourth-order valence-corrected chi connectivity index (χ4v) is 1.90. The summed E-state index contributed by atoms with van der Waals surface area (Å²) in [4.78, 5) is 0. The van der Waals surface area contributed by atoms with E-state index in [1.165, 1.54) is 0 Å². The van der Waals surface area contributed by atoms with E-state index in [0.717, 1.165) is 11.4 Å². The van der Waals surface area contributed by atoms with Crippen molar-refractivity contribution in [1.82, 2.24) is 10.9 Å². The van der Waals surface area contributed by atoms with E-state index in [1.54, 1.807) is 13.8 Å². The number of benzene rings is 2. The summed E-state index contributed by atoms with van der Waals surface area (Å²) in [6.45, 7) is 3.39. The monoisotopic (exact) mass is 440 g/mol. The van der Waals surface area contributed by atoms with Crippen LogP contribution in [-0.2, 0) is 17.1 Å². The molecule has 0 amide bonds. The maximum absolute atomic E-state index is 4.95. The van der Waals surface area contributed by atoms with Crippen LogP contribution in [0.5, 0.6) is 0 Å². The van der Waals surface area contributed by atoms with Gasteiger partial charge in [0.15, 0.2) is 10.2 Å². The van der Waals surface area contributed by atoms with Crippen LogP contribution in [-0.4, -0.2) is 22.7 Å². The summed E-state index contributed by atoms with van der Waals surface area (Å²) in [7, 11) is 0. The summed E-state index contributed by atoms with van der Waals surface area (Å²) in [5.41, 5.74) is 7.10. The van der Waals surface area contributed by atoms with Gasteiger partial charge in [0.2, 0.25) is 0 Å².